The van der Waals surface area contributed by atoms with Crippen LogP contribution >= 0.6 is 0 Å². The molecule has 5 nitrogen and oxygen atoms in total. The molecule has 2 aliphatic rings. The second kappa shape index (κ2) is 5.36. The first kappa shape index (κ1) is 12.1. The summed E-state index contributed by atoms with van der Waals surface area (Å²) in [6.45, 7) is 4.34. The summed E-state index contributed by atoms with van der Waals surface area (Å²) in [5, 5.41) is 7.59. The van der Waals surface area contributed by atoms with Gasteiger partial charge in [0.15, 0.2) is 5.82 Å². The van der Waals surface area contributed by atoms with E-state index >= 15 is 0 Å². The van der Waals surface area contributed by atoms with Crippen molar-refractivity contribution in [2.45, 2.75) is 37.5 Å². The maximum absolute atomic E-state index is 5.49. The third-order valence-corrected chi connectivity index (χ3v) is 4.09. The summed E-state index contributed by atoms with van der Waals surface area (Å²) in [6.07, 6.45) is 4.79. The Hall–Kier alpha value is -0.940. The van der Waals surface area contributed by atoms with E-state index in [9.17, 15) is 0 Å². The van der Waals surface area contributed by atoms with E-state index in [0.29, 0.717) is 11.8 Å². The predicted molar refractivity (Wildman–Crippen MR) is 68.6 cm³/mol. The fraction of sp³-hybridized carbons (Fsp3) is 0.846. The average Bonchev–Trinajstić information content (AvgIpc) is 2.89. The van der Waals surface area contributed by atoms with E-state index in [4.69, 9.17) is 4.52 Å². The third-order valence-electron chi connectivity index (χ3n) is 4.09. The van der Waals surface area contributed by atoms with E-state index in [1.54, 1.807) is 0 Å². The molecule has 2 saturated heterocycles. The van der Waals surface area contributed by atoms with E-state index in [1.165, 1.54) is 32.2 Å². The molecule has 100 valence electrons. The molecule has 2 atom stereocenters. The zero-order valence-electron chi connectivity index (χ0n) is 11.1. The fourth-order valence-electron chi connectivity index (χ4n) is 3.02. The van der Waals surface area contributed by atoms with Gasteiger partial charge in [0, 0.05) is 19.0 Å². The molecular weight excluding hydrogens is 228 g/mol. The van der Waals surface area contributed by atoms with Crippen LogP contribution in [0.2, 0.25) is 0 Å². The van der Waals surface area contributed by atoms with Crippen LogP contribution in [0.15, 0.2) is 4.52 Å². The van der Waals surface area contributed by atoms with Gasteiger partial charge in [0.1, 0.15) is 0 Å². The third kappa shape index (κ3) is 2.57. The molecule has 0 bridgehead atoms. The van der Waals surface area contributed by atoms with Gasteiger partial charge in [-0.25, -0.2) is 0 Å². The van der Waals surface area contributed by atoms with Crippen LogP contribution in [0.3, 0.4) is 0 Å². The summed E-state index contributed by atoms with van der Waals surface area (Å²) < 4.78 is 5.49. The van der Waals surface area contributed by atoms with E-state index in [-0.39, 0.29) is 0 Å². The Morgan fingerprint density at radius 3 is 2.94 bits per heavy atom. The number of hydrogen-bond donors (Lipinski definition) is 1. The molecule has 2 fully saturated rings. The van der Waals surface area contributed by atoms with Gasteiger partial charge in [0.25, 0.3) is 0 Å². The first-order chi connectivity index (χ1) is 8.83. The Morgan fingerprint density at radius 2 is 2.17 bits per heavy atom. The highest BCUT2D eigenvalue weighted by Gasteiger charge is 2.26. The van der Waals surface area contributed by atoms with Gasteiger partial charge >= 0.3 is 0 Å². The number of aromatic nitrogens is 2. The summed E-state index contributed by atoms with van der Waals surface area (Å²) in [7, 11) is 2.16. The molecule has 1 aromatic heterocycles. The second-order valence-electron chi connectivity index (χ2n) is 5.64. The van der Waals surface area contributed by atoms with Gasteiger partial charge in [0.05, 0.1) is 5.92 Å². The van der Waals surface area contributed by atoms with Crippen molar-refractivity contribution >= 4 is 0 Å². The first-order valence-corrected chi connectivity index (χ1v) is 7.05. The second-order valence-corrected chi connectivity index (χ2v) is 5.64. The Morgan fingerprint density at radius 1 is 1.28 bits per heavy atom. The number of nitrogens with zero attached hydrogens (tertiary/aromatic N) is 3. The molecule has 1 N–H and O–H groups in total. The van der Waals surface area contributed by atoms with E-state index < -0.39 is 0 Å². The lowest BCUT2D eigenvalue weighted by Crippen LogP contribution is -2.31. The van der Waals surface area contributed by atoms with Crippen LogP contribution in [0.25, 0.3) is 0 Å². The number of nitrogens with one attached hydrogen (secondary N) is 1. The Balaban J connectivity index is 1.68. The smallest absolute Gasteiger partial charge is 0.231 e. The average molecular weight is 250 g/mol. The number of hydrogen-bond acceptors (Lipinski definition) is 5. The standard InChI is InChI=1S/C13H22N4O/c1-17-7-3-5-11(9-17)13-15-12(16-18-13)10-4-2-6-14-8-10/h10-11,14H,2-9H2,1H3. The molecule has 18 heavy (non-hydrogen) atoms. The molecule has 2 unspecified atom stereocenters. The van der Waals surface area contributed by atoms with E-state index in [0.717, 1.165) is 31.3 Å². The van der Waals surface area contributed by atoms with Crippen LogP contribution in [0.1, 0.15) is 49.2 Å². The summed E-state index contributed by atoms with van der Waals surface area (Å²) in [5.41, 5.74) is 0. The van der Waals surface area contributed by atoms with Gasteiger partial charge in [-0.2, -0.15) is 4.98 Å². The molecule has 5 heteroatoms. The molecule has 0 amide bonds. The van der Waals surface area contributed by atoms with Crippen LogP contribution < -0.4 is 5.32 Å². The number of rotatable bonds is 2. The topological polar surface area (TPSA) is 54.2 Å². The highest BCUT2D eigenvalue weighted by atomic mass is 16.5. The minimum Gasteiger partial charge on any atom is -0.339 e. The van der Waals surface area contributed by atoms with Crippen molar-refractivity contribution in [3.63, 3.8) is 0 Å². The van der Waals surface area contributed by atoms with Gasteiger partial charge in [-0.1, -0.05) is 5.16 Å². The maximum Gasteiger partial charge on any atom is 0.231 e. The summed E-state index contributed by atoms with van der Waals surface area (Å²) in [5.74, 6) is 2.63. The molecule has 0 aliphatic carbocycles. The Labute approximate surface area is 108 Å². The van der Waals surface area contributed by atoms with Crippen LogP contribution in [0, 0.1) is 0 Å². The molecule has 0 aromatic carbocycles. The van der Waals surface area contributed by atoms with Crippen molar-refractivity contribution in [3.05, 3.63) is 11.7 Å². The lowest BCUT2D eigenvalue weighted by Gasteiger charge is -2.27. The summed E-state index contributed by atoms with van der Waals surface area (Å²) in [6, 6.07) is 0. The summed E-state index contributed by atoms with van der Waals surface area (Å²) >= 11 is 0. The van der Waals surface area contributed by atoms with Gasteiger partial charge in [-0.3, -0.25) is 0 Å². The monoisotopic (exact) mass is 250 g/mol. The van der Waals surface area contributed by atoms with Gasteiger partial charge in [-0.15, -0.1) is 0 Å². The molecule has 3 rings (SSSR count). The number of likely N-dealkylation sites (N-methyl/N-ethyl adjacent to an activating group) is 1. The van der Waals surface area contributed by atoms with Crippen LogP contribution in [-0.2, 0) is 0 Å². The van der Waals surface area contributed by atoms with Crippen molar-refractivity contribution < 1.29 is 4.52 Å². The molecule has 0 saturated carbocycles. The van der Waals surface area contributed by atoms with Crippen molar-refractivity contribution in [2.24, 2.45) is 0 Å². The van der Waals surface area contributed by atoms with Crippen LogP contribution in [0.5, 0.6) is 0 Å². The van der Waals surface area contributed by atoms with Crippen molar-refractivity contribution in [1.29, 1.82) is 0 Å². The van der Waals surface area contributed by atoms with Crippen molar-refractivity contribution in [3.8, 4) is 0 Å². The largest absolute Gasteiger partial charge is 0.339 e. The van der Waals surface area contributed by atoms with Crippen LogP contribution in [-0.4, -0.2) is 48.3 Å². The van der Waals surface area contributed by atoms with Gasteiger partial charge in [-0.05, 0) is 45.8 Å². The first-order valence-electron chi connectivity index (χ1n) is 7.05. The molecular formula is C13H22N4O. The fourth-order valence-corrected chi connectivity index (χ4v) is 3.02. The van der Waals surface area contributed by atoms with Crippen molar-refractivity contribution in [2.75, 3.05) is 33.2 Å². The maximum atomic E-state index is 5.49. The lowest BCUT2D eigenvalue weighted by molar-refractivity contribution is 0.219. The highest BCUT2D eigenvalue weighted by molar-refractivity contribution is 5.02. The van der Waals surface area contributed by atoms with Gasteiger partial charge < -0.3 is 14.7 Å². The van der Waals surface area contributed by atoms with Crippen molar-refractivity contribution in [1.82, 2.24) is 20.4 Å². The molecule has 3 heterocycles. The molecule has 2 aliphatic heterocycles. The quantitative estimate of drug-likeness (QED) is 0.858. The lowest BCUT2D eigenvalue weighted by atomic mass is 9.97. The normalized spacial score (nSPS) is 30.5. The predicted octanol–water partition coefficient (Wildman–Crippen LogP) is 1.35. The van der Waals surface area contributed by atoms with E-state index in [2.05, 4.69) is 27.4 Å². The zero-order chi connectivity index (χ0) is 12.4. The molecule has 1 aromatic rings. The molecule has 0 radical (unpaired) electrons. The Bertz CT molecular complexity index is 386. The highest BCUT2D eigenvalue weighted by Crippen LogP contribution is 2.27. The van der Waals surface area contributed by atoms with Crippen LogP contribution in [0.4, 0.5) is 0 Å². The number of likely N-dealkylation sites (tertiary alicyclic amines) is 1. The number of piperidine rings is 2. The van der Waals surface area contributed by atoms with E-state index in [1.807, 2.05) is 0 Å². The van der Waals surface area contributed by atoms with Gasteiger partial charge in [0.2, 0.25) is 5.89 Å². The summed E-state index contributed by atoms with van der Waals surface area (Å²) in [4.78, 5) is 7.00. The SMILES string of the molecule is CN1CCCC(c2nc(C3CCCNC3)no2)C1. The minimum absolute atomic E-state index is 0.432. The Kier molecular flexibility index (Phi) is 3.61. The minimum atomic E-state index is 0.432. The zero-order valence-corrected chi connectivity index (χ0v) is 11.1. The molecule has 0 spiro atoms.